The minimum absolute atomic E-state index is 0.00352. The quantitative estimate of drug-likeness (QED) is 0.558. The molecule has 1 saturated carbocycles. The zero-order valence-corrected chi connectivity index (χ0v) is 16.7. The number of aliphatic hydroxyl groups is 2. The molecule has 7 nitrogen and oxygen atoms in total. The summed E-state index contributed by atoms with van der Waals surface area (Å²) in [6.07, 6.45) is -0.250. The maximum absolute atomic E-state index is 14.2. The Morgan fingerprint density at radius 1 is 1.21 bits per heavy atom. The number of esters is 1. The average Bonchev–Trinajstić information content (AvgIpc) is 3.06. The number of rotatable bonds is 2. The van der Waals surface area contributed by atoms with Gasteiger partial charge in [-0.25, -0.2) is 4.39 Å². The van der Waals surface area contributed by atoms with Crippen molar-refractivity contribution in [3.05, 3.63) is 0 Å². The number of alkyl halides is 1. The Morgan fingerprint density at radius 3 is 2.72 bits per heavy atom. The average molecular weight is 410 g/mol. The number of hydrogen-bond donors (Lipinski definition) is 3. The normalized spacial score (nSPS) is 51.6. The monoisotopic (exact) mass is 410 g/mol. The molecule has 5 rings (SSSR count). The molecule has 5 fully saturated rings. The molecule has 8 heteroatoms. The van der Waals surface area contributed by atoms with Crippen LogP contribution in [0.3, 0.4) is 0 Å². The molecule has 4 saturated heterocycles. The van der Waals surface area contributed by atoms with Crippen LogP contribution in [0.5, 0.6) is 0 Å². The summed E-state index contributed by atoms with van der Waals surface area (Å²) in [5.41, 5.74) is 0. The van der Waals surface area contributed by atoms with Crippen molar-refractivity contribution in [3.8, 4) is 0 Å². The fourth-order valence-electron chi connectivity index (χ4n) is 7.19. The van der Waals surface area contributed by atoms with Crippen LogP contribution in [0.25, 0.3) is 0 Å². The molecule has 5 aliphatic rings. The van der Waals surface area contributed by atoms with E-state index in [1.807, 2.05) is 11.8 Å². The van der Waals surface area contributed by atoms with Crippen LogP contribution >= 0.6 is 0 Å². The summed E-state index contributed by atoms with van der Waals surface area (Å²) in [5.74, 6) is -0.653. The molecule has 162 valence electrons. The van der Waals surface area contributed by atoms with E-state index in [0.717, 1.165) is 6.42 Å². The lowest BCUT2D eigenvalue weighted by atomic mass is 9.64. The SMILES string of the molecule is CC[C@H]1C(=O)OCC2C(=O)N3CC4C(CO)C5CC(O)C(F)CC5NC4C3CC21. The van der Waals surface area contributed by atoms with Gasteiger partial charge in [0.15, 0.2) is 0 Å². The molecule has 4 heterocycles. The number of halogens is 1. The highest BCUT2D eigenvalue weighted by atomic mass is 19.1. The number of carbonyl (C=O) groups is 2. The van der Waals surface area contributed by atoms with Crippen molar-refractivity contribution >= 4 is 11.9 Å². The number of fused-ring (bicyclic) bond motifs is 5. The van der Waals surface area contributed by atoms with Crippen molar-refractivity contribution in [3.63, 3.8) is 0 Å². The van der Waals surface area contributed by atoms with Crippen LogP contribution in [-0.2, 0) is 14.3 Å². The number of hydrogen-bond acceptors (Lipinski definition) is 6. The van der Waals surface area contributed by atoms with E-state index in [4.69, 9.17) is 4.74 Å². The molecule has 0 radical (unpaired) electrons. The van der Waals surface area contributed by atoms with E-state index in [-0.39, 0.29) is 85.1 Å². The standard InChI is InChI=1S/C21H31FN2O5/c1-2-9-10-3-17-19-12(6-24(17)20(27)14(10)8-29-21(9)28)13(7-25)11-4-18(26)15(22)5-16(11)23-19/h9-19,23,25-26H,2-8H2,1H3/t9-,10?,11?,12?,13?,14?,15?,16?,17?,18?,19?/m1/s1. The van der Waals surface area contributed by atoms with E-state index >= 15 is 0 Å². The molecule has 0 spiro atoms. The van der Waals surface area contributed by atoms with E-state index in [0.29, 0.717) is 19.4 Å². The lowest BCUT2D eigenvalue weighted by molar-refractivity contribution is -0.172. The molecule has 1 aliphatic carbocycles. The number of carbonyl (C=O) groups excluding carboxylic acids is 2. The van der Waals surface area contributed by atoms with Crippen LogP contribution in [0.4, 0.5) is 4.39 Å². The van der Waals surface area contributed by atoms with Crippen molar-refractivity contribution in [2.45, 2.75) is 63.0 Å². The molecule has 10 unspecified atom stereocenters. The predicted octanol–water partition coefficient (Wildman–Crippen LogP) is 0.0904. The number of amides is 1. The van der Waals surface area contributed by atoms with Crippen molar-refractivity contribution in [1.82, 2.24) is 10.2 Å². The van der Waals surface area contributed by atoms with Gasteiger partial charge in [0, 0.05) is 31.3 Å². The van der Waals surface area contributed by atoms with Crippen LogP contribution in [0.2, 0.25) is 0 Å². The largest absolute Gasteiger partial charge is 0.465 e. The number of cyclic esters (lactones) is 1. The third-order valence-electron chi connectivity index (χ3n) is 8.62. The number of nitrogens with zero attached hydrogens (tertiary/aromatic N) is 1. The van der Waals surface area contributed by atoms with E-state index in [2.05, 4.69) is 5.32 Å². The highest BCUT2D eigenvalue weighted by molar-refractivity contribution is 5.84. The highest BCUT2D eigenvalue weighted by Gasteiger charge is 2.60. The van der Waals surface area contributed by atoms with Crippen LogP contribution in [0, 0.1) is 35.5 Å². The molecule has 3 N–H and O–H groups in total. The first-order valence-corrected chi connectivity index (χ1v) is 11.1. The lowest BCUT2D eigenvalue weighted by Crippen LogP contribution is -2.64. The lowest BCUT2D eigenvalue weighted by Gasteiger charge is -2.51. The summed E-state index contributed by atoms with van der Waals surface area (Å²) in [6.45, 7) is 2.67. The Labute approximate surface area is 170 Å². The Bertz CT molecular complexity index is 692. The first-order valence-electron chi connectivity index (χ1n) is 11.1. The fraction of sp³-hybridized carbons (Fsp3) is 0.905. The van der Waals surface area contributed by atoms with Gasteiger partial charge in [-0.3, -0.25) is 9.59 Å². The second kappa shape index (κ2) is 7.17. The van der Waals surface area contributed by atoms with E-state index < -0.39 is 12.3 Å². The van der Waals surface area contributed by atoms with Gasteiger partial charge >= 0.3 is 5.97 Å². The van der Waals surface area contributed by atoms with Crippen LogP contribution in [0.15, 0.2) is 0 Å². The van der Waals surface area contributed by atoms with Gasteiger partial charge in [-0.2, -0.15) is 0 Å². The molecular formula is C21H31FN2O5. The maximum Gasteiger partial charge on any atom is 0.309 e. The van der Waals surface area contributed by atoms with E-state index in [9.17, 15) is 24.2 Å². The van der Waals surface area contributed by atoms with Gasteiger partial charge in [-0.1, -0.05) is 6.92 Å². The number of ether oxygens (including phenoxy) is 1. The number of aliphatic hydroxyl groups excluding tert-OH is 2. The Kier molecular flexibility index (Phi) is 4.87. The van der Waals surface area contributed by atoms with Gasteiger partial charge in [-0.05, 0) is 49.4 Å². The Morgan fingerprint density at radius 2 is 2.00 bits per heavy atom. The zero-order chi connectivity index (χ0) is 20.4. The molecule has 11 atom stereocenters. The first kappa shape index (κ1) is 19.7. The molecule has 0 bridgehead atoms. The minimum atomic E-state index is -1.26. The van der Waals surface area contributed by atoms with Crippen molar-refractivity contribution < 1.29 is 28.9 Å². The Hall–Kier alpha value is -1.25. The van der Waals surface area contributed by atoms with E-state index in [1.54, 1.807) is 0 Å². The number of piperidine rings is 2. The molecule has 0 aromatic heterocycles. The molecule has 0 aromatic carbocycles. The van der Waals surface area contributed by atoms with E-state index in [1.165, 1.54) is 0 Å². The maximum atomic E-state index is 14.2. The topological polar surface area (TPSA) is 99.1 Å². The fourth-order valence-corrected chi connectivity index (χ4v) is 7.19. The van der Waals surface area contributed by atoms with Gasteiger partial charge in [0.05, 0.1) is 17.9 Å². The number of nitrogens with one attached hydrogen (secondary N) is 1. The summed E-state index contributed by atoms with van der Waals surface area (Å²) < 4.78 is 19.5. The Balaban J connectivity index is 1.43. The van der Waals surface area contributed by atoms with Gasteiger partial charge in [0.1, 0.15) is 12.8 Å². The highest BCUT2D eigenvalue weighted by Crippen LogP contribution is 2.49. The summed E-state index contributed by atoms with van der Waals surface area (Å²) >= 11 is 0. The molecular weight excluding hydrogens is 379 g/mol. The summed E-state index contributed by atoms with van der Waals surface area (Å²) in [4.78, 5) is 27.5. The smallest absolute Gasteiger partial charge is 0.309 e. The van der Waals surface area contributed by atoms with Gasteiger partial charge in [0.2, 0.25) is 5.91 Å². The second-order valence-corrected chi connectivity index (χ2v) is 9.74. The van der Waals surface area contributed by atoms with Crippen molar-refractivity contribution in [2.24, 2.45) is 35.5 Å². The third kappa shape index (κ3) is 2.86. The summed E-state index contributed by atoms with van der Waals surface area (Å²) in [7, 11) is 0. The molecule has 4 aliphatic heterocycles. The van der Waals surface area contributed by atoms with Gasteiger partial charge in [0.25, 0.3) is 0 Å². The minimum Gasteiger partial charge on any atom is -0.465 e. The van der Waals surface area contributed by atoms with Gasteiger partial charge < -0.3 is 25.2 Å². The van der Waals surface area contributed by atoms with Crippen LogP contribution < -0.4 is 5.32 Å². The van der Waals surface area contributed by atoms with Crippen molar-refractivity contribution in [1.29, 1.82) is 0 Å². The molecule has 0 aromatic rings. The van der Waals surface area contributed by atoms with Crippen LogP contribution in [-0.4, -0.2) is 77.1 Å². The summed E-state index contributed by atoms with van der Waals surface area (Å²) in [5, 5.41) is 23.8. The first-order chi connectivity index (χ1) is 13.9. The van der Waals surface area contributed by atoms with Crippen LogP contribution in [0.1, 0.15) is 32.6 Å². The predicted molar refractivity (Wildman–Crippen MR) is 100 cm³/mol. The molecule has 1 amide bonds. The van der Waals surface area contributed by atoms with Gasteiger partial charge in [-0.15, -0.1) is 0 Å². The zero-order valence-electron chi connectivity index (χ0n) is 16.7. The van der Waals surface area contributed by atoms with Crippen molar-refractivity contribution in [2.75, 3.05) is 19.8 Å². The third-order valence-corrected chi connectivity index (χ3v) is 8.62. The summed E-state index contributed by atoms with van der Waals surface area (Å²) in [6, 6.07) is -0.136. The second-order valence-electron chi connectivity index (χ2n) is 9.74. The molecule has 29 heavy (non-hydrogen) atoms.